The molecule has 0 saturated carbocycles. The molecule has 37 heavy (non-hydrogen) atoms. The van der Waals surface area contributed by atoms with Gasteiger partial charge in [0.2, 0.25) is 0 Å². The molecule has 11 heteroatoms. The molecule has 7 nitrogen and oxygen atoms in total. The fraction of sp³-hybridized carbons (Fsp3) is 0.269. The van der Waals surface area contributed by atoms with E-state index in [4.69, 9.17) is 0 Å². The van der Waals surface area contributed by atoms with Crippen molar-refractivity contribution >= 4 is 33.3 Å². The smallest absolute Gasteiger partial charge is 0.363 e. The molecule has 0 spiro atoms. The number of nitrogens with zero attached hydrogens (tertiary/aromatic N) is 4. The highest BCUT2D eigenvalue weighted by Crippen LogP contribution is 2.43. The predicted octanol–water partition coefficient (Wildman–Crippen LogP) is 6.42. The summed E-state index contributed by atoms with van der Waals surface area (Å²) in [5, 5.41) is 14.5. The van der Waals surface area contributed by atoms with Crippen molar-refractivity contribution in [3.8, 4) is 0 Å². The number of fused-ring (bicyclic) bond motifs is 1. The lowest BCUT2D eigenvalue weighted by molar-refractivity contribution is -0.173. The predicted molar refractivity (Wildman–Crippen MR) is 138 cm³/mol. The van der Waals surface area contributed by atoms with Crippen LogP contribution in [0.25, 0.3) is 0 Å². The Hall–Kier alpha value is -3.60. The summed E-state index contributed by atoms with van der Waals surface area (Å²) < 4.78 is 45.5. The Kier molecular flexibility index (Phi) is 6.57. The number of anilines is 2. The van der Waals surface area contributed by atoms with Gasteiger partial charge in [-0.05, 0) is 37.1 Å². The number of nitrogens with one attached hydrogen (secondary N) is 2. The Balaban J connectivity index is 1.39. The van der Waals surface area contributed by atoms with Gasteiger partial charge in [-0.25, -0.2) is 4.68 Å². The maximum Gasteiger partial charge on any atom is 0.410 e. The van der Waals surface area contributed by atoms with Crippen LogP contribution in [0.4, 0.5) is 24.7 Å². The molecule has 3 heterocycles. The van der Waals surface area contributed by atoms with Crippen LogP contribution in [0.2, 0.25) is 0 Å². The fourth-order valence-corrected chi connectivity index (χ4v) is 4.82. The third-order valence-electron chi connectivity index (χ3n) is 6.49. The van der Waals surface area contributed by atoms with Gasteiger partial charge in [0.25, 0.3) is 5.91 Å². The monoisotopic (exact) mass is 572 g/mol. The second-order valence-electron chi connectivity index (χ2n) is 9.04. The first-order valence-corrected chi connectivity index (χ1v) is 12.5. The van der Waals surface area contributed by atoms with Crippen LogP contribution in [0.5, 0.6) is 0 Å². The second-order valence-corrected chi connectivity index (χ2v) is 9.96. The Labute approximate surface area is 219 Å². The van der Waals surface area contributed by atoms with Crippen molar-refractivity contribution in [2.45, 2.75) is 45.1 Å². The van der Waals surface area contributed by atoms with E-state index in [1.54, 1.807) is 35.9 Å². The SMILES string of the molecule is Cc1nn(Cc2ccc(Br)cc2)c(C)c1NC(=O)c1cc2n(n1)[C@@H](C(F)(F)F)C[C@H](c1ccccc1)N2. The molecule has 2 aromatic heterocycles. The van der Waals surface area contributed by atoms with Gasteiger partial charge in [0.05, 0.1) is 29.7 Å². The average Bonchev–Trinajstić information content (AvgIpc) is 3.41. The van der Waals surface area contributed by atoms with Crippen molar-refractivity contribution in [3.05, 3.63) is 93.3 Å². The maximum atomic E-state index is 14.0. The molecule has 1 aliphatic heterocycles. The number of aromatic nitrogens is 4. The van der Waals surface area contributed by atoms with Gasteiger partial charge in [-0.1, -0.05) is 58.4 Å². The lowest BCUT2D eigenvalue weighted by Crippen LogP contribution is -2.35. The molecule has 0 saturated heterocycles. The third-order valence-corrected chi connectivity index (χ3v) is 7.02. The fourth-order valence-electron chi connectivity index (χ4n) is 4.56. The van der Waals surface area contributed by atoms with Crippen LogP contribution in [-0.2, 0) is 6.54 Å². The highest BCUT2D eigenvalue weighted by atomic mass is 79.9. The lowest BCUT2D eigenvalue weighted by atomic mass is 9.97. The number of benzene rings is 2. The summed E-state index contributed by atoms with van der Waals surface area (Å²) in [6.45, 7) is 4.11. The van der Waals surface area contributed by atoms with Crippen molar-refractivity contribution < 1.29 is 18.0 Å². The molecular weight excluding hydrogens is 549 g/mol. The maximum absolute atomic E-state index is 14.0. The van der Waals surface area contributed by atoms with Gasteiger partial charge in [0.1, 0.15) is 5.82 Å². The number of carbonyl (C=O) groups is 1. The first-order chi connectivity index (χ1) is 17.6. The number of rotatable bonds is 5. The lowest BCUT2D eigenvalue weighted by Gasteiger charge is -2.33. The van der Waals surface area contributed by atoms with E-state index in [1.807, 2.05) is 37.3 Å². The molecule has 1 amide bonds. The van der Waals surface area contributed by atoms with Gasteiger partial charge >= 0.3 is 6.18 Å². The Bertz CT molecular complexity index is 1430. The summed E-state index contributed by atoms with van der Waals surface area (Å²) in [6, 6.07) is 15.7. The standard InChI is InChI=1S/C26H24BrF3N6O/c1-15-24(16(2)35(33-15)14-17-8-10-19(27)11-9-17)32-25(37)21-13-23-31-20(18-6-4-3-5-7-18)12-22(26(28,29)30)36(23)34-21/h3-11,13,20,22,31H,12,14H2,1-2H3,(H,32,37)/t20-,22-/m1/s1. The van der Waals surface area contributed by atoms with Crippen LogP contribution in [0.1, 0.15) is 51.5 Å². The Morgan fingerprint density at radius 3 is 2.49 bits per heavy atom. The molecule has 2 aromatic carbocycles. The summed E-state index contributed by atoms with van der Waals surface area (Å²) in [5.74, 6) is -0.456. The van der Waals surface area contributed by atoms with E-state index in [0.29, 0.717) is 17.9 Å². The summed E-state index contributed by atoms with van der Waals surface area (Å²) in [6.07, 6.45) is -4.75. The second kappa shape index (κ2) is 9.70. The average molecular weight is 573 g/mol. The normalized spacial score (nSPS) is 17.2. The number of halogens is 4. The zero-order valence-corrected chi connectivity index (χ0v) is 21.6. The quantitative estimate of drug-likeness (QED) is 0.289. The highest BCUT2D eigenvalue weighted by Gasteiger charge is 2.46. The van der Waals surface area contributed by atoms with E-state index in [2.05, 4.69) is 36.8 Å². The number of carbonyl (C=O) groups excluding carboxylic acids is 1. The molecule has 5 rings (SSSR count). The Morgan fingerprint density at radius 2 is 1.81 bits per heavy atom. The Morgan fingerprint density at radius 1 is 1.11 bits per heavy atom. The minimum absolute atomic E-state index is 0.107. The first-order valence-electron chi connectivity index (χ1n) is 11.7. The molecule has 0 unspecified atom stereocenters. The van der Waals surface area contributed by atoms with E-state index >= 15 is 0 Å². The molecule has 192 valence electrons. The number of aryl methyl sites for hydroxylation is 1. The van der Waals surface area contributed by atoms with Crippen molar-refractivity contribution in [3.63, 3.8) is 0 Å². The van der Waals surface area contributed by atoms with Crippen LogP contribution >= 0.6 is 15.9 Å². The molecule has 0 fully saturated rings. The zero-order chi connectivity index (χ0) is 26.3. The minimum atomic E-state index is -4.52. The molecule has 1 aliphatic rings. The number of hydrogen-bond donors (Lipinski definition) is 2. The highest BCUT2D eigenvalue weighted by molar-refractivity contribution is 9.10. The topological polar surface area (TPSA) is 76.8 Å². The van der Waals surface area contributed by atoms with Crippen molar-refractivity contribution in [1.29, 1.82) is 0 Å². The summed E-state index contributed by atoms with van der Waals surface area (Å²) in [5.41, 5.74) is 3.50. The van der Waals surface area contributed by atoms with E-state index < -0.39 is 24.2 Å². The number of alkyl halides is 3. The molecule has 0 radical (unpaired) electrons. The van der Waals surface area contributed by atoms with E-state index in [1.165, 1.54) is 6.07 Å². The van der Waals surface area contributed by atoms with Gasteiger partial charge < -0.3 is 10.6 Å². The van der Waals surface area contributed by atoms with Gasteiger partial charge in [-0.3, -0.25) is 9.48 Å². The van der Waals surface area contributed by atoms with Crippen LogP contribution < -0.4 is 10.6 Å². The van der Waals surface area contributed by atoms with Gasteiger partial charge in [0, 0.05) is 17.0 Å². The molecule has 2 N–H and O–H groups in total. The number of amides is 1. The van der Waals surface area contributed by atoms with Crippen LogP contribution in [0, 0.1) is 13.8 Å². The summed E-state index contributed by atoms with van der Waals surface area (Å²) in [7, 11) is 0. The molecule has 2 atom stereocenters. The minimum Gasteiger partial charge on any atom is -0.363 e. The van der Waals surface area contributed by atoms with Crippen molar-refractivity contribution in [1.82, 2.24) is 19.6 Å². The summed E-state index contributed by atoms with van der Waals surface area (Å²) in [4.78, 5) is 13.1. The van der Waals surface area contributed by atoms with Crippen LogP contribution in [0.3, 0.4) is 0 Å². The van der Waals surface area contributed by atoms with Crippen LogP contribution in [0.15, 0.2) is 65.1 Å². The molecule has 0 bridgehead atoms. The molecule has 4 aromatic rings. The van der Waals surface area contributed by atoms with Gasteiger partial charge in [-0.2, -0.15) is 23.4 Å². The first kappa shape index (κ1) is 25.1. The van der Waals surface area contributed by atoms with Gasteiger partial charge in [-0.15, -0.1) is 0 Å². The summed E-state index contributed by atoms with van der Waals surface area (Å²) >= 11 is 3.42. The number of hydrogen-bond acceptors (Lipinski definition) is 4. The molecule has 0 aliphatic carbocycles. The van der Waals surface area contributed by atoms with Crippen LogP contribution in [-0.4, -0.2) is 31.6 Å². The van der Waals surface area contributed by atoms with Gasteiger partial charge in [0.15, 0.2) is 11.7 Å². The largest absolute Gasteiger partial charge is 0.410 e. The zero-order valence-electron chi connectivity index (χ0n) is 20.1. The van der Waals surface area contributed by atoms with E-state index in [9.17, 15) is 18.0 Å². The van der Waals surface area contributed by atoms with E-state index in [0.717, 1.165) is 26.0 Å². The van der Waals surface area contributed by atoms with Crippen molar-refractivity contribution in [2.24, 2.45) is 0 Å². The van der Waals surface area contributed by atoms with Crippen molar-refractivity contribution in [2.75, 3.05) is 10.6 Å². The van der Waals surface area contributed by atoms with E-state index in [-0.39, 0.29) is 17.9 Å². The third kappa shape index (κ3) is 5.13. The molecular formula is C26H24BrF3N6O.